The molecule has 1 aliphatic heterocycles. The molecule has 0 radical (unpaired) electrons. The Bertz CT molecular complexity index is 651. The summed E-state index contributed by atoms with van der Waals surface area (Å²) in [6, 6.07) is 6.44. The van der Waals surface area contributed by atoms with Crippen molar-refractivity contribution in [3.05, 3.63) is 59.9 Å². The van der Waals surface area contributed by atoms with Gasteiger partial charge in [0, 0.05) is 31.9 Å². The Kier molecular flexibility index (Phi) is 4.39. The van der Waals surface area contributed by atoms with Crippen LogP contribution in [0.4, 0.5) is 4.39 Å². The van der Waals surface area contributed by atoms with E-state index >= 15 is 0 Å². The third-order valence-electron chi connectivity index (χ3n) is 3.56. The predicted molar refractivity (Wildman–Crippen MR) is 77.8 cm³/mol. The molecule has 2 heterocycles. The minimum absolute atomic E-state index is 0.142. The number of benzene rings is 1. The molecule has 1 aromatic carbocycles. The van der Waals surface area contributed by atoms with Crippen LogP contribution in [-0.4, -0.2) is 46.6 Å². The van der Waals surface area contributed by atoms with Crippen LogP contribution in [0.15, 0.2) is 42.9 Å². The number of rotatable bonds is 3. The summed E-state index contributed by atoms with van der Waals surface area (Å²) < 4.78 is 18.9. The van der Waals surface area contributed by atoms with Gasteiger partial charge in [-0.2, -0.15) is 0 Å². The van der Waals surface area contributed by atoms with E-state index in [4.69, 9.17) is 4.74 Å². The Labute approximate surface area is 127 Å². The first-order valence-corrected chi connectivity index (χ1v) is 7.14. The average Bonchev–Trinajstić information content (AvgIpc) is 2.55. The van der Waals surface area contributed by atoms with Crippen molar-refractivity contribution >= 4 is 5.91 Å². The molecular formula is C16H16FN3O2. The lowest BCUT2D eigenvalue weighted by molar-refractivity contribution is -0.0210. The SMILES string of the molecule is O=C(c1cnccn1)N1CCO[C@H](Cc2cccc(F)c2)C1. The van der Waals surface area contributed by atoms with E-state index in [1.807, 2.05) is 6.07 Å². The molecule has 0 bridgehead atoms. The topological polar surface area (TPSA) is 55.3 Å². The van der Waals surface area contributed by atoms with Crippen molar-refractivity contribution in [2.45, 2.75) is 12.5 Å². The van der Waals surface area contributed by atoms with Gasteiger partial charge in [-0.15, -0.1) is 0 Å². The van der Waals surface area contributed by atoms with Crippen molar-refractivity contribution in [2.75, 3.05) is 19.7 Å². The zero-order valence-electron chi connectivity index (χ0n) is 12.0. The van der Waals surface area contributed by atoms with Crippen molar-refractivity contribution in [3.63, 3.8) is 0 Å². The molecule has 1 amide bonds. The molecule has 0 spiro atoms. The number of aromatic nitrogens is 2. The first kappa shape index (κ1) is 14.6. The van der Waals surface area contributed by atoms with E-state index in [0.29, 0.717) is 31.8 Å². The van der Waals surface area contributed by atoms with Gasteiger partial charge in [0.2, 0.25) is 0 Å². The summed E-state index contributed by atoms with van der Waals surface area (Å²) in [6.07, 6.45) is 4.92. The molecule has 0 saturated carbocycles. The van der Waals surface area contributed by atoms with Crippen LogP contribution in [0.1, 0.15) is 16.1 Å². The fraction of sp³-hybridized carbons (Fsp3) is 0.312. The van der Waals surface area contributed by atoms with Crippen LogP contribution in [-0.2, 0) is 11.2 Å². The van der Waals surface area contributed by atoms with Crippen LogP contribution in [0.2, 0.25) is 0 Å². The van der Waals surface area contributed by atoms with E-state index in [1.54, 1.807) is 11.0 Å². The smallest absolute Gasteiger partial charge is 0.274 e. The Morgan fingerprint density at radius 3 is 3.09 bits per heavy atom. The molecule has 5 nitrogen and oxygen atoms in total. The van der Waals surface area contributed by atoms with Gasteiger partial charge >= 0.3 is 0 Å². The number of ether oxygens (including phenoxy) is 1. The molecule has 1 aromatic heterocycles. The zero-order valence-corrected chi connectivity index (χ0v) is 12.0. The molecule has 1 saturated heterocycles. The lowest BCUT2D eigenvalue weighted by Crippen LogP contribution is -2.46. The summed E-state index contributed by atoms with van der Waals surface area (Å²) in [5.41, 5.74) is 1.19. The van der Waals surface area contributed by atoms with Crippen molar-refractivity contribution in [3.8, 4) is 0 Å². The molecular weight excluding hydrogens is 285 g/mol. The standard InChI is InChI=1S/C16H16FN3O2/c17-13-3-1-2-12(8-13)9-14-11-20(6-7-22-14)16(21)15-10-18-4-5-19-15/h1-5,8,10,14H,6-7,9,11H2/t14-/m1/s1. The third kappa shape index (κ3) is 3.46. The highest BCUT2D eigenvalue weighted by Gasteiger charge is 2.26. The first-order valence-electron chi connectivity index (χ1n) is 7.14. The highest BCUT2D eigenvalue weighted by atomic mass is 19.1. The van der Waals surface area contributed by atoms with Crippen molar-refractivity contribution < 1.29 is 13.9 Å². The van der Waals surface area contributed by atoms with Gasteiger partial charge < -0.3 is 9.64 Å². The number of hydrogen-bond donors (Lipinski definition) is 0. The van der Waals surface area contributed by atoms with E-state index in [2.05, 4.69) is 9.97 Å². The van der Waals surface area contributed by atoms with E-state index in [-0.39, 0.29) is 17.8 Å². The van der Waals surface area contributed by atoms with Crippen molar-refractivity contribution in [2.24, 2.45) is 0 Å². The molecule has 0 N–H and O–H groups in total. The van der Waals surface area contributed by atoms with Crippen molar-refractivity contribution in [1.82, 2.24) is 14.9 Å². The summed E-state index contributed by atoms with van der Waals surface area (Å²) in [7, 11) is 0. The number of hydrogen-bond acceptors (Lipinski definition) is 4. The lowest BCUT2D eigenvalue weighted by Gasteiger charge is -2.32. The number of amides is 1. The minimum atomic E-state index is -0.263. The second-order valence-electron chi connectivity index (χ2n) is 5.17. The molecule has 1 atom stereocenters. The van der Waals surface area contributed by atoms with E-state index in [9.17, 15) is 9.18 Å². The molecule has 6 heteroatoms. The van der Waals surface area contributed by atoms with E-state index < -0.39 is 0 Å². The van der Waals surface area contributed by atoms with Gasteiger partial charge in [0.25, 0.3) is 5.91 Å². The molecule has 1 aliphatic rings. The summed E-state index contributed by atoms with van der Waals surface area (Å²) in [5, 5.41) is 0. The van der Waals surface area contributed by atoms with Gasteiger partial charge in [0.05, 0.1) is 18.9 Å². The largest absolute Gasteiger partial charge is 0.374 e. The fourth-order valence-corrected chi connectivity index (χ4v) is 2.53. The van der Waals surface area contributed by atoms with Gasteiger partial charge in [-0.3, -0.25) is 9.78 Å². The maximum Gasteiger partial charge on any atom is 0.274 e. The first-order chi connectivity index (χ1) is 10.7. The maximum atomic E-state index is 13.2. The molecule has 1 fully saturated rings. The third-order valence-corrected chi connectivity index (χ3v) is 3.56. The van der Waals surface area contributed by atoms with Gasteiger partial charge in [-0.05, 0) is 17.7 Å². The van der Waals surface area contributed by atoms with E-state index in [0.717, 1.165) is 5.56 Å². The number of carbonyl (C=O) groups is 1. The van der Waals surface area contributed by atoms with Crippen molar-refractivity contribution in [1.29, 1.82) is 0 Å². The Balaban J connectivity index is 1.65. The quantitative estimate of drug-likeness (QED) is 0.866. The maximum absolute atomic E-state index is 13.2. The lowest BCUT2D eigenvalue weighted by atomic mass is 10.1. The summed E-state index contributed by atoms with van der Waals surface area (Å²) in [6.45, 7) is 1.45. The van der Waals surface area contributed by atoms with Crippen LogP contribution < -0.4 is 0 Å². The number of halogens is 1. The highest BCUT2D eigenvalue weighted by Crippen LogP contribution is 2.14. The highest BCUT2D eigenvalue weighted by molar-refractivity contribution is 5.92. The number of morpholine rings is 1. The summed E-state index contributed by atoms with van der Waals surface area (Å²) in [5.74, 6) is -0.415. The van der Waals surface area contributed by atoms with Gasteiger partial charge in [-0.25, -0.2) is 9.37 Å². The number of nitrogens with zero attached hydrogens (tertiary/aromatic N) is 3. The molecule has 0 unspecified atom stereocenters. The molecule has 3 rings (SSSR count). The number of carbonyl (C=O) groups excluding carboxylic acids is 1. The molecule has 22 heavy (non-hydrogen) atoms. The van der Waals surface area contributed by atoms with Crippen LogP contribution in [0, 0.1) is 5.82 Å². The van der Waals surface area contributed by atoms with Gasteiger partial charge in [-0.1, -0.05) is 12.1 Å². The van der Waals surface area contributed by atoms with Gasteiger partial charge in [0.15, 0.2) is 0 Å². The molecule has 0 aliphatic carbocycles. The summed E-state index contributed by atoms with van der Waals surface area (Å²) in [4.78, 5) is 22.0. The second kappa shape index (κ2) is 6.62. The second-order valence-corrected chi connectivity index (χ2v) is 5.17. The molecule has 2 aromatic rings. The van der Waals surface area contributed by atoms with Gasteiger partial charge in [0.1, 0.15) is 11.5 Å². The van der Waals surface area contributed by atoms with Crippen LogP contribution >= 0.6 is 0 Å². The normalized spacial score (nSPS) is 18.2. The summed E-state index contributed by atoms with van der Waals surface area (Å²) >= 11 is 0. The predicted octanol–water partition coefficient (Wildman–Crippen LogP) is 1.70. The van der Waals surface area contributed by atoms with Crippen LogP contribution in [0.5, 0.6) is 0 Å². The molecule has 114 valence electrons. The van der Waals surface area contributed by atoms with Crippen LogP contribution in [0.3, 0.4) is 0 Å². The Morgan fingerprint density at radius 2 is 2.32 bits per heavy atom. The Hall–Kier alpha value is -2.34. The zero-order chi connectivity index (χ0) is 15.4. The Morgan fingerprint density at radius 1 is 1.41 bits per heavy atom. The fourth-order valence-electron chi connectivity index (χ4n) is 2.53. The monoisotopic (exact) mass is 301 g/mol. The van der Waals surface area contributed by atoms with E-state index in [1.165, 1.54) is 30.7 Å². The minimum Gasteiger partial charge on any atom is -0.374 e. The van der Waals surface area contributed by atoms with Crippen LogP contribution in [0.25, 0.3) is 0 Å². The average molecular weight is 301 g/mol.